The van der Waals surface area contributed by atoms with Crippen LogP contribution < -0.4 is 0 Å². The lowest BCUT2D eigenvalue weighted by molar-refractivity contribution is 0.127. The Morgan fingerprint density at radius 1 is 1.58 bits per heavy atom. The topological polar surface area (TPSA) is 9.23 Å². The SMILES string of the molecule is CCCC(C)SC1CCOC1C. The Bertz CT molecular complexity index is 127. The van der Waals surface area contributed by atoms with Crippen molar-refractivity contribution in [2.45, 2.75) is 56.6 Å². The normalized spacial score (nSPS) is 32.2. The summed E-state index contributed by atoms with van der Waals surface area (Å²) in [5, 5.41) is 1.57. The minimum atomic E-state index is 0.481. The monoisotopic (exact) mass is 188 g/mol. The van der Waals surface area contributed by atoms with Gasteiger partial charge in [-0.15, -0.1) is 0 Å². The maximum Gasteiger partial charge on any atom is 0.0666 e. The van der Waals surface area contributed by atoms with E-state index in [1.54, 1.807) is 0 Å². The Morgan fingerprint density at radius 3 is 2.83 bits per heavy atom. The number of rotatable bonds is 4. The van der Waals surface area contributed by atoms with Crippen molar-refractivity contribution in [3.63, 3.8) is 0 Å². The summed E-state index contributed by atoms with van der Waals surface area (Å²) in [7, 11) is 0. The highest BCUT2D eigenvalue weighted by Gasteiger charge is 2.25. The quantitative estimate of drug-likeness (QED) is 0.670. The van der Waals surface area contributed by atoms with Crippen molar-refractivity contribution in [3.05, 3.63) is 0 Å². The maximum atomic E-state index is 5.52. The summed E-state index contributed by atoms with van der Waals surface area (Å²) < 4.78 is 5.52. The Labute approximate surface area is 80.3 Å². The maximum absolute atomic E-state index is 5.52. The number of hydrogen-bond acceptors (Lipinski definition) is 2. The van der Waals surface area contributed by atoms with Gasteiger partial charge in [0.15, 0.2) is 0 Å². The molecule has 0 aromatic carbocycles. The van der Waals surface area contributed by atoms with Gasteiger partial charge in [0, 0.05) is 17.1 Å². The van der Waals surface area contributed by atoms with Gasteiger partial charge in [-0.25, -0.2) is 0 Å². The van der Waals surface area contributed by atoms with Crippen molar-refractivity contribution in [2.75, 3.05) is 6.61 Å². The van der Waals surface area contributed by atoms with Crippen molar-refractivity contribution >= 4 is 11.8 Å². The second-order valence-corrected chi connectivity index (χ2v) is 5.32. The van der Waals surface area contributed by atoms with Gasteiger partial charge in [0.25, 0.3) is 0 Å². The van der Waals surface area contributed by atoms with Gasteiger partial charge in [-0.1, -0.05) is 20.3 Å². The highest BCUT2D eigenvalue weighted by atomic mass is 32.2. The number of ether oxygens (including phenoxy) is 1. The van der Waals surface area contributed by atoms with E-state index in [1.165, 1.54) is 19.3 Å². The standard InChI is InChI=1S/C10H20OS/c1-4-5-8(2)12-10-6-7-11-9(10)3/h8-10H,4-7H2,1-3H3. The molecule has 12 heavy (non-hydrogen) atoms. The van der Waals surface area contributed by atoms with Crippen LogP contribution in [-0.4, -0.2) is 23.2 Å². The average molecular weight is 188 g/mol. The van der Waals surface area contributed by atoms with Crippen LogP contribution in [0.4, 0.5) is 0 Å². The minimum absolute atomic E-state index is 0.481. The second kappa shape index (κ2) is 5.13. The van der Waals surface area contributed by atoms with Crippen molar-refractivity contribution in [3.8, 4) is 0 Å². The second-order valence-electron chi connectivity index (χ2n) is 3.64. The molecule has 1 aliphatic heterocycles. The van der Waals surface area contributed by atoms with Crippen molar-refractivity contribution < 1.29 is 4.74 Å². The number of hydrogen-bond donors (Lipinski definition) is 0. The fourth-order valence-electron chi connectivity index (χ4n) is 1.66. The van der Waals surface area contributed by atoms with E-state index in [9.17, 15) is 0 Å². The van der Waals surface area contributed by atoms with E-state index in [1.807, 2.05) is 0 Å². The highest BCUT2D eigenvalue weighted by Crippen LogP contribution is 2.30. The average Bonchev–Trinajstić information content (AvgIpc) is 2.37. The molecule has 0 bridgehead atoms. The number of thioether (sulfide) groups is 1. The molecule has 1 aliphatic rings. The van der Waals surface area contributed by atoms with Crippen LogP contribution in [-0.2, 0) is 4.74 Å². The highest BCUT2D eigenvalue weighted by molar-refractivity contribution is 8.00. The molecule has 0 spiro atoms. The Balaban J connectivity index is 2.20. The van der Waals surface area contributed by atoms with Gasteiger partial charge in [0.1, 0.15) is 0 Å². The Morgan fingerprint density at radius 2 is 2.33 bits per heavy atom. The van der Waals surface area contributed by atoms with Crippen LogP contribution in [0.25, 0.3) is 0 Å². The molecule has 1 rings (SSSR count). The molecule has 72 valence electrons. The molecule has 1 nitrogen and oxygen atoms in total. The summed E-state index contributed by atoms with van der Waals surface area (Å²) in [5.41, 5.74) is 0. The first-order chi connectivity index (χ1) is 5.74. The van der Waals surface area contributed by atoms with E-state index >= 15 is 0 Å². The third kappa shape index (κ3) is 2.98. The van der Waals surface area contributed by atoms with Crippen LogP contribution in [0.15, 0.2) is 0 Å². The zero-order valence-corrected chi connectivity index (χ0v) is 9.19. The predicted octanol–water partition coefficient (Wildman–Crippen LogP) is 3.09. The molecule has 1 saturated heterocycles. The molecule has 0 radical (unpaired) electrons. The molecule has 0 aromatic rings. The smallest absolute Gasteiger partial charge is 0.0666 e. The van der Waals surface area contributed by atoms with Crippen LogP contribution in [0.1, 0.15) is 40.0 Å². The molecule has 0 saturated carbocycles. The lowest BCUT2D eigenvalue weighted by Gasteiger charge is -2.18. The van der Waals surface area contributed by atoms with E-state index in [0.29, 0.717) is 6.10 Å². The van der Waals surface area contributed by atoms with E-state index in [-0.39, 0.29) is 0 Å². The summed E-state index contributed by atoms with van der Waals surface area (Å²) in [5.74, 6) is 0. The third-order valence-electron chi connectivity index (χ3n) is 2.41. The summed E-state index contributed by atoms with van der Waals surface area (Å²) in [6.07, 6.45) is 4.37. The zero-order chi connectivity index (χ0) is 8.97. The van der Waals surface area contributed by atoms with Crippen LogP contribution in [0.3, 0.4) is 0 Å². The molecule has 0 aromatic heterocycles. The first-order valence-electron chi connectivity index (χ1n) is 5.01. The Hall–Kier alpha value is 0.310. The van der Waals surface area contributed by atoms with Crippen LogP contribution in [0, 0.1) is 0 Å². The van der Waals surface area contributed by atoms with Crippen molar-refractivity contribution in [1.29, 1.82) is 0 Å². The molecular weight excluding hydrogens is 168 g/mol. The predicted molar refractivity (Wildman–Crippen MR) is 55.8 cm³/mol. The van der Waals surface area contributed by atoms with Crippen molar-refractivity contribution in [2.24, 2.45) is 0 Å². The lowest BCUT2D eigenvalue weighted by atomic mass is 10.2. The first kappa shape index (κ1) is 10.4. The van der Waals surface area contributed by atoms with Gasteiger partial charge < -0.3 is 4.74 Å². The summed E-state index contributed by atoms with van der Waals surface area (Å²) >= 11 is 2.11. The van der Waals surface area contributed by atoms with E-state index in [0.717, 1.165) is 17.1 Å². The lowest BCUT2D eigenvalue weighted by Crippen LogP contribution is -2.16. The van der Waals surface area contributed by atoms with Crippen molar-refractivity contribution in [1.82, 2.24) is 0 Å². The van der Waals surface area contributed by atoms with Gasteiger partial charge in [-0.2, -0.15) is 11.8 Å². The van der Waals surface area contributed by atoms with Gasteiger partial charge in [0.05, 0.1) is 6.10 Å². The van der Waals surface area contributed by atoms with E-state index in [4.69, 9.17) is 4.74 Å². The molecule has 1 fully saturated rings. The zero-order valence-electron chi connectivity index (χ0n) is 8.38. The third-order valence-corrected chi connectivity index (χ3v) is 4.08. The molecule has 3 atom stereocenters. The molecule has 2 heteroatoms. The molecule has 3 unspecified atom stereocenters. The van der Waals surface area contributed by atoms with Crippen LogP contribution >= 0.6 is 11.8 Å². The molecule has 0 N–H and O–H groups in total. The van der Waals surface area contributed by atoms with E-state index < -0.39 is 0 Å². The fourth-order valence-corrected chi connectivity index (χ4v) is 3.16. The minimum Gasteiger partial charge on any atom is -0.377 e. The van der Waals surface area contributed by atoms with Crippen LogP contribution in [0.2, 0.25) is 0 Å². The summed E-state index contributed by atoms with van der Waals surface area (Å²) in [6, 6.07) is 0. The molecular formula is C10H20OS. The molecule has 0 aliphatic carbocycles. The fraction of sp³-hybridized carbons (Fsp3) is 1.00. The van der Waals surface area contributed by atoms with Gasteiger partial charge in [-0.3, -0.25) is 0 Å². The largest absolute Gasteiger partial charge is 0.377 e. The van der Waals surface area contributed by atoms with E-state index in [2.05, 4.69) is 32.5 Å². The Kier molecular flexibility index (Phi) is 4.44. The van der Waals surface area contributed by atoms with Crippen LogP contribution in [0.5, 0.6) is 0 Å². The molecule has 0 amide bonds. The first-order valence-corrected chi connectivity index (χ1v) is 5.95. The van der Waals surface area contributed by atoms with Gasteiger partial charge in [0.2, 0.25) is 0 Å². The summed E-state index contributed by atoms with van der Waals surface area (Å²) in [4.78, 5) is 0. The molecule has 1 heterocycles. The summed E-state index contributed by atoms with van der Waals surface area (Å²) in [6.45, 7) is 7.76. The van der Waals surface area contributed by atoms with Gasteiger partial charge >= 0.3 is 0 Å². The van der Waals surface area contributed by atoms with Gasteiger partial charge in [-0.05, 0) is 19.8 Å².